The Hall–Kier alpha value is -3.12. The van der Waals surface area contributed by atoms with E-state index in [1.54, 1.807) is 19.9 Å². The van der Waals surface area contributed by atoms with Crippen molar-refractivity contribution in [2.24, 2.45) is 0 Å². The van der Waals surface area contributed by atoms with Gasteiger partial charge in [-0.3, -0.25) is 14.5 Å². The van der Waals surface area contributed by atoms with Crippen LogP contribution in [0.25, 0.3) is 0 Å². The lowest BCUT2D eigenvalue weighted by molar-refractivity contribution is -0.170. The molecule has 0 aromatic heterocycles. The number of amides is 1. The second kappa shape index (κ2) is 13.3. The van der Waals surface area contributed by atoms with Crippen LogP contribution >= 0.6 is 0 Å². The average Bonchev–Trinajstić information content (AvgIpc) is 3.29. The molecule has 12 heteroatoms. The number of fused-ring (bicyclic) bond motifs is 1. The fraction of sp³-hybridized carbons (Fsp3) is 0.593. The molecule has 0 spiro atoms. The van der Waals surface area contributed by atoms with Crippen LogP contribution in [0.1, 0.15) is 53.7 Å². The summed E-state index contributed by atoms with van der Waals surface area (Å²) in [6.45, 7) is 8.29. The molecule has 0 atom stereocenters. The summed E-state index contributed by atoms with van der Waals surface area (Å²) in [4.78, 5) is 39.9. The number of allylic oxidation sites excluding steroid dienone is 2. The number of hydrogen-bond donors (Lipinski definition) is 0. The Kier molecular flexibility index (Phi) is 10.4. The summed E-state index contributed by atoms with van der Waals surface area (Å²) in [6, 6.07) is 0. The van der Waals surface area contributed by atoms with Crippen molar-refractivity contribution >= 4 is 23.5 Å². The SMILES string of the molecule is CCN(C(=O)C(F)(F)F)c1c(CC=C(C)CCC(=O)OCCN2CCOCC2)c(OC)c(C)c2c1C(=O)OC2. The summed E-state index contributed by atoms with van der Waals surface area (Å²) in [5.41, 5.74) is 1.79. The summed E-state index contributed by atoms with van der Waals surface area (Å²) >= 11 is 0. The number of anilines is 1. The number of cyclic esters (lactones) is 1. The first-order valence-electron chi connectivity index (χ1n) is 12.9. The van der Waals surface area contributed by atoms with Crippen molar-refractivity contribution in [1.29, 1.82) is 0 Å². The number of morpholine rings is 1. The van der Waals surface area contributed by atoms with E-state index in [1.807, 2.05) is 0 Å². The van der Waals surface area contributed by atoms with E-state index in [4.69, 9.17) is 18.9 Å². The molecule has 1 saturated heterocycles. The molecule has 1 amide bonds. The molecule has 2 heterocycles. The normalized spacial score (nSPS) is 16.1. The average molecular weight is 557 g/mol. The highest BCUT2D eigenvalue weighted by molar-refractivity contribution is 6.08. The van der Waals surface area contributed by atoms with Gasteiger partial charge in [0, 0.05) is 43.7 Å². The number of carbonyl (C=O) groups is 3. The zero-order chi connectivity index (χ0) is 28.7. The summed E-state index contributed by atoms with van der Waals surface area (Å²) in [5, 5.41) is 0. The van der Waals surface area contributed by atoms with Crippen LogP contribution in [0, 0.1) is 6.92 Å². The van der Waals surface area contributed by atoms with Crippen LogP contribution in [0.3, 0.4) is 0 Å². The number of alkyl halides is 3. The van der Waals surface area contributed by atoms with Gasteiger partial charge in [-0.05, 0) is 39.2 Å². The minimum Gasteiger partial charge on any atom is -0.496 e. The fourth-order valence-corrected chi connectivity index (χ4v) is 4.75. The van der Waals surface area contributed by atoms with Gasteiger partial charge in [-0.1, -0.05) is 11.6 Å². The Morgan fingerprint density at radius 2 is 1.87 bits per heavy atom. The molecule has 2 aliphatic rings. The number of benzene rings is 1. The van der Waals surface area contributed by atoms with Gasteiger partial charge >= 0.3 is 24.0 Å². The zero-order valence-electron chi connectivity index (χ0n) is 22.7. The first-order valence-corrected chi connectivity index (χ1v) is 12.9. The zero-order valence-corrected chi connectivity index (χ0v) is 22.7. The van der Waals surface area contributed by atoms with Crippen LogP contribution in [0.15, 0.2) is 11.6 Å². The molecule has 1 fully saturated rings. The van der Waals surface area contributed by atoms with Gasteiger partial charge in [0.2, 0.25) is 0 Å². The first kappa shape index (κ1) is 30.4. The van der Waals surface area contributed by atoms with Gasteiger partial charge in [-0.25, -0.2) is 4.79 Å². The second-order valence-electron chi connectivity index (χ2n) is 9.39. The molecule has 9 nitrogen and oxygen atoms in total. The highest BCUT2D eigenvalue weighted by atomic mass is 19.4. The minimum atomic E-state index is -5.14. The minimum absolute atomic E-state index is 0.0577. The predicted molar refractivity (Wildman–Crippen MR) is 136 cm³/mol. The molecular weight excluding hydrogens is 521 g/mol. The highest BCUT2D eigenvalue weighted by Crippen LogP contribution is 2.44. The molecule has 216 valence electrons. The van der Waals surface area contributed by atoms with Crippen LogP contribution < -0.4 is 9.64 Å². The molecule has 2 aliphatic heterocycles. The quantitative estimate of drug-likeness (QED) is 0.301. The summed E-state index contributed by atoms with van der Waals surface area (Å²) in [7, 11) is 1.38. The van der Waals surface area contributed by atoms with Crippen molar-refractivity contribution in [1.82, 2.24) is 4.90 Å². The van der Waals surface area contributed by atoms with Crippen LogP contribution in [-0.4, -0.2) is 82.0 Å². The van der Waals surface area contributed by atoms with Gasteiger partial charge in [-0.2, -0.15) is 13.2 Å². The predicted octanol–water partition coefficient (Wildman–Crippen LogP) is 3.73. The number of nitrogens with zero attached hydrogens (tertiary/aromatic N) is 2. The lowest BCUT2D eigenvalue weighted by Crippen LogP contribution is -2.42. The van der Waals surface area contributed by atoms with E-state index in [0.717, 1.165) is 18.7 Å². The van der Waals surface area contributed by atoms with Gasteiger partial charge in [-0.15, -0.1) is 0 Å². The molecular formula is C27H35F3N2O7. The second-order valence-corrected chi connectivity index (χ2v) is 9.39. The Morgan fingerprint density at radius 3 is 2.49 bits per heavy atom. The molecule has 0 unspecified atom stereocenters. The number of rotatable bonds is 11. The largest absolute Gasteiger partial charge is 0.496 e. The Bertz CT molecular complexity index is 1110. The maximum Gasteiger partial charge on any atom is 0.471 e. The van der Waals surface area contributed by atoms with Crippen LogP contribution in [0.4, 0.5) is 18.9 Å². The van der Waals surface area contributed by atoms with Gasteiger partial charge in [0.1, 0.15) is 19.0 Å². The topological polar surface area (TPSA) is 94.6 Å². The van der Waals surface area contributed by atoms with Gasteiger partial charge in [0.05, 0.1) is 31.6 Å². The number of carbonyl (C=O) groups excluding carboxylic acids is 3. The molecule has 0 aliphatic carbocycles. The standard InChI is InChI=1S/C27H35F3N2O7/c1-5-32(26(35)27(28,29)30)23-19(24(36-4)18(3)20-16-39-25(34)22(20)23)8-6-17(2)7-9-21(33)38-15-12-31-10-13-37-14-11-31/h6H,5,7-16H2,1-4H3. The van der Waals surface area contributed by atoms with Crippen LogP contribution in [0.2, 0.25) is 0 Å². The maximum atomic E-state index is 13.5. The van der Waals surface area contributed by atoms with Crippen molar-refractivity contribution in [2.45, 2.75) is 52.8 Å². The molecule has 39 heavy (non-hydrogen) atoms. The number of esters is 2. The molecule has 1 aromatic rings. The number of methoxy groups -OCH3 is 1. The van der Waals surface area contributed by atoms with Crippen molar-refractivity contribution in [3.05, 3.63) is 33.9 Å². The van der Waals surface area contributed by atoms with E-state index in [9.17, 15) is 27.6 Å². The molecule has 1 aromatic carbocycles. The number of halogens is 3. The van der Waals surface area contributed by atoms with Gasteiger partial charge < -0.3 is 23.8 Å². The summed E-state index contributed by atoms with van der Waals surface area (Å²) < 4.78 is 61.8. The first-order chi connectivity index (χ1) is 18.5. The Labute approximate surface area is 225 Å². The third kappa shape index (κ3) is 7.30. The lowest BCUT2D eigenvalue weighted by Gasteiger charge is -2.28. The van der Waals surface area contributed by atoms with E-state index in [0.29, 0.717) is 42.2 Å². The molecule has 0 N–H and O–H groups in total. The highest BCUT2D eigenvalue weighted by Gasteiger charge is 2.45. The van der Waals surface area contributed by atoms with E-state index >= 15 is 0 Å². The summed E-state index contributed by atoms with van der Waals surface area (Å²) in [5.74, 6) is -2.94. The smallest absolute Gasteiger partial charge is 0.471 e. The van der Waals surface area contributed by atoms with E-state index in [1.165, 1.54) is 14.0 Å². The van der Waals surface area contributed by atoms with E-state index in [2.05, 4.69) is 4.90 Å². The summed E-state index contributed by atoms with van der Waals surface area (Å²) in [6.07, 6.45) is -2.81. The van der Waals surface area contributed by atoms with Crippen LogP contribution in [-0.2, 0) is 36.8 Å². The third-order valence-electron chi connectivity index (χ3n) is 6.87. The molecule has 0 bridgehead atoms. The maximum absolute atomic E-state index is 13.5. The Balaban J connectivity index is 1.79. The molecule has 0 saturated carbocycles. The Morgan fingerprint density at radius 1 is 1.18 bits per heavy atom. The fourth-order valence-electron chi connectivity index (χ4n) is 4.75. The molecule has 3 rings (SSSR count). The van der Waals surface area contributed by atoms with Gasteiger partial charge in [0.25, 0.3) is 0 Å². The van der Waals surface area contributed by atoms with Gasteiger partial charge in [0.15, 0.2) is 0 Å². The third-order valence-corrected chi connectivity index (χ3v) is 6.87. The number of ether oxygens (including phenoxy) is 4. The monoisotopic (exact) mass is 556 g/mol. The van der Waals surface area contributed by atoms with Crippen molar-refractivity contribution < 1.29 is 46.5 Å². The van der Waals surface area contributed by atoms with E-state index < -0.39 is 18.1 Å². The van der Waals surface area contributed by atoms with Crippen LogP contribution in [0.5, 0.6) is 5.75 Å². The van der Waals surface area contributed by atoms with Crippen molar-refractivity contribution in [2.75, 3.05) is 58.0 Å². The molecule has 0 radical (unpaired) electrons. The lowest BCUT2D eigenvalue weighted by atomic mass is 9.92. The van der Waals surface area contributed by atoms with Crippen molar-refractivity contribution in [3.8, 4) is 5.75 Å². The van der Waals surface area contributed by atoms with E-state index in [-0.39, 0.29) is 61.1 Å². The number of hydrogen-bond acceptors (Lipinski definition) is 8. The van der Waals surface area contributed by atoms with Crippen molar-refractivity contribution in [3.63, 3.8) is 0 Å².